The zero-order chi connectivity index (χ0) is 30.1. The molecule has 4 aliphatic rings. The molecule has 5 aromatic carbocycles. The third-order valence-corrected chi connectivity index (χ3v) is 12.0. The van der Waals surface area contributed by atoms with Crippen molar-refractivity contribution < 1.29 is 17.0 Å². The quantitative estimate of drug-likeness (QED) is 0.181. The fraction of sp³-hybridized carbons (Fsp3) is 0.205. The van der Waals surface area contributed by atoms with E-state index in [0.29, 0.717) is 29.6 Å². The molecule has 0 amide bonds. The van der Waals surface area contributed by atoms with Crippen molar-refractivity contribution in [2.75, 3.05) is 0 Å². The van der Waals surface area contributed by atoms with Gasteiger partial charge in [0.25, 0.3) is 0 Å². The summed E-state index contributed by atoms with van der Waals surface area (Å²) in [5, 5.41) is 0. The van der Waals surface area contributed by atoms with Gasteiger partial charge in [0, 0.05) is 0 Å². The van der Waals surface area contributed by atoms with E-state index in [1.807, 2.05) is 0 Å². The summed E-state index contributed by atoms with van der Waals surface area (Å²) in [6, 6.07) is 45.7. The molecule has 1 heteroatoms. The number of hydrogen-bond acceptors (Lipinski definition) is 0. The third kappa shape index (κ3) is 4.23. The maximum atomic E-state index is 4.52. The van der Waals surface area contributed by atoms with Crippen molar-refractivity contribution in [2.45, 2.75) is 43.4 Å². The normalized spacial score (nSPS) is 24.6. The SMILES string of the molecule is C=C(C=C1[C](=[V])C(C2CCCC2C2c3ccccc3C3c4ccccc4-c4cccc2c43)c2ccccc21)Cc1ccccc1. The summed E-state index contributed by atoms with van der Waals surface area (Å²) < 4.78 is 1.47. The monoisotopic (exact) mass is 615 g/mol. The molecule has 5 unspecified atom stereocenters. The summed E-state index contributed by atoms with van der Waals surface area (Å²) >= 11 is 3.03. The summed E-state index contributed by atoms with van der Waals surface area (Å²) in [7, 11) is 0. The van der Waals surface area contributed by atoms with Gasteiger partial charge in [0.15, 0.2) is 0 Å². The molecular weight excluding hydrogens is 579 g/mol. The van der Waals surface area contributed by atoms with Crippen LogP contribution < -0.4 is 0 Å². The fourth-order valence-electron chi connectivity index (χ4n) is 9.58. The summed E-state index contributed by atoms with van der Waals surface area (Å²) in [6.07, 6.45) is 7.12. The van der Waals surface area contributed by atoms with Crippen LogP contribution in [0.5, 0.6) is 0 Å². The fourth-order valence-corrected chi connectivity index (χ4v) is 10.4. The van der Waals surface area contributed by atoms with Crippen LogP contribution in [-0.2, 0) is 23.4 Å². The minimum atomic E-state index is 0.349. The van der Waals surface area contributed by atoms with Crippen molar-refractivity contribution >= 4 is 9.80 Å². The molecule has 0 radical (unpaired) electrons. The summed E-state index contributed by atoms with van der Waals surface area (Å²) in [4.78, 5) is 0. The second-order valence-corrected chi connectivity index (χ2v) is 14.3. The van der Waals surface area contributed by atoms with Crippen LogP contribution in [-0.4, -0.2) is 4.23 Å². The Bertz CT molecular complexity index is 2030. The Morgan fingerprint density at radius 1 is 0.600 bits per heavy atom. The van der Waals surface area contributed by atoms with Crippen molar-refractivity contribution in [1.29, 1.82) is 0 Å². The summed E-state index contributed by atoms with van der Waals surface area (Å²) in [5.74, 6) is 2.37. The van der Waals surface area contributed by atoms with E-state index < -0.39 is 0 Å². The Kier molecular flexibility index (Phi) is 6.59. The molecule has 4 aliphatic carbocycles. The van der Waals surface area contributed by atoms with E-state index in [1.54, 1.807) is 16.7 Å². The zero-order valence-electron chi connectivity index (χ0n) is 25.5. The van der Waals surface area contributed by atoms with E-state index in [9.17, 15) is 0 Å². The molecule has 0 N–H and O–H groups in total. The van der Waals surface area contributed by atoms with Gasteiger partial charge in [-0.05, 0) is 0 Å². The Labute approximate surface area is 276 Å². The predicted molar refractivity (Wildman–Crippen MR) is 183 cm³/mol. The van der Waals surface area contributed by atoms with E-state index >= 15 is 0 Å². The standard InChI is InChI=1S/C44H36.V/c1-28(25-29-13-3-2-4-14-29)26-30-27-41(32-16-6-5-15-31(30)32)34-21-11-22-35(34)42-38-19-9-10-20-39(38)43-36-18-8-7-17-33(36)37-23-12-24-40(42)44(37)43;/h2-10,12-20,23-24,26,34-35,41-43H,1,11,21-22,25H2;. The molecule has 5 atom stereocenters. The number of benzene rings is 5. The van der Waals surface area contributed by atoms with Crippen LogP contribution in [0.15, 0.2) is 140 Å². The second kappa shape index (κ2) is 10.8. The van der Waals surface area contributed by atoms with Crippen LogP contribution in [0.4, 0.5) is 0 Å². The van der Waals surface area contributed by atoms with Crippen molar-refractivity contribution in [3.63, 3.8) is 0 Å². The first-order chi connectivity index (χ1) is 22.2. The van der Waals surface area contributed by atoms with E-state index in [1.165, 1.54) is 73.6 Å². The van der Waals surface area contributed by atoms with Crippen molar-refractivity contribution in [1.82, 2.24) is 0 Å². The summed E-state index contributed by atoms with van der Waals surface area (Å²) in [5.41, 5.74) is 17.4. The van der Waals surface area contributed by atoms with Gasteiger partial charge in [0.05, 0.1) is 0 Å². The minimum absolute atomic E-state index is 0.349. The first kappa shape index (κ1) is 27.4. The van der Waals surface area contributed by atoms with Crippen LogP contribution in [0.1, 0.15) is 81.5 Å². The molecule has 45 heavy (non-hydrogen) atoms. The number of allylic oxidation sites excluding steroid dienone is 3. The van der Waals surface area contributed by atoms with Crippen LogP contribution in [0.25, 0.3) is 16.7 Å². The first-order valence-corrected chi connectivity index (χ1v) is 17.3. The average molecular weight is 616 g/mol. The molecule has 0 aliphatic heterocycles. The number of hydrogen-bond donors (Lipinski definition) is 0. The molecule has 0 spiro atoms. The molecular formula is C44H36V. The molecule has 217 valence electrons. The van der Waals surface area contributed by atoms with E-state index in [4.69, 9.17) is 0 Å². The second-order valence-electron chi connectivity index (χ2n) is 13.5. The Morgan fingerprint density at radius 2 is 1.20 bits per heavy atom. The molecule has 0 nitrogen and oxygen atoms in total. The van der Waals surface area contributed by atoms with Gasteiger partial charge in [-0.2, -0.15) is 0 Å². The van der Waals surface area contributed by atoms with Crippen LogP contribution in [0.3, 0.4) is 0 Å². The van der Waals surface area contributed by atoms with Gasteiger partial charge in [-0.1, -0.05) is 0 Å². The maximum absolute atomic E-state index is 4.52. The van der Waals surface area contributed by atoms with Gasteiger partial charge in [0.1, 0.15) is 0 Å². The summed E-state index contributed by atoms with van der Waals surface area (Å²) in [6.45, 7) is 4.52. The molecule has 5 aromatic rings. The Morgan fingerprint density at radius 3 is 2.00 bits per heavy atom. The van der Waals surface area contributed by atoms with Crippen LogP contribution in [0, 0.1) is 11.8 Å². The van der Waals surface area contributed by atoms with Gasteiger partial charge >= 0.3 is 277 Å². The molecule has 0 aromatic heterocycles. The van der Waals surface area contributed by atoms with Crippen LogP contribution in [0.2, 0.25) is 0 Å². The average Bonchev–Trinajstić information content (AvgIpc) is 3.76. The Balaban J connectivity index is 1.13. The Hall–Kier alpha value is -3.97. The molecule has 0 bridgehead atoms. The topological polar surface area (TPSA) is 0 Å². The first-order valence-electron chi connectivity index (χ1n) is 16.6. The molecule has 0 heterocycles. The van der Waals surface area contributed by atoms with E-state index in [2.05, 4.69) is 151 Å². The van der Waals surface area contributed by atoms with Gasteiger partial charge in [-0.3, -0.25) is 0 Å². The molecule has 1 fully saturated rings. The molecule has 1 saturated carbocycles. The van der Waals surface area contributed by atoms with Crippen molar-refractivity contribution in [3.05, 3.63) is 184 Å². The van der Waals surface area contributed by atoms with Gasteiger partial charge < -0.3 is 0 Å². The van der Waals surface area contributed by atoms with Crippen molar-refractivity contribution in [2.24, 2.45) is 11.8 Å². The molecule has 0 saturated heterocycles. The van der Waals surface area contributed by atoms with E-state index in [-0.39, 0.29) is 0 Å². The van der Waals surface area contributed by atoms with Crippen LogP contribution >= 0.6 is 0 Å². The predicted octanol–water partition coefficient (Wildman–Crippen LogP) is 10.4. The van der Waals surface area contributed by atoms with Crippen molar-refractivity contribution in [3.8, 4) is 11.1 Å². The number of rotatable bonds is 5. The van der Waals surface area contributed by atoms with Gasteiger partial charge in [-0.25, -0.2) is 0 Å². The van der Waals surface area contributed by atoms with Gasteiger partial charge in [-0.15, -0.1) is 0 Å². The van der Waals surface area contributed by atoms with Gasteiger partial charge in [0.2, 0.25) is 0 Å². The van der Waals surface area contributed by atoms with E-state index in [0.717, 1.165) is 6.42 Å². The number of fused-ring (bicyclic) bond motifs is 6. The molecule has 9 rings (SSSR count). The zero-order valence-corrected chi connectivity index (χ0v) is 26.9. The third-order valence-electron chi connectivity index (χ3n) is 11.2.